The molecule has 39 heavy (non-hydrogen) atoms. The molecule has 3 aromatic rings. The summed E-state index contributed by atoms with van der Waals surface area (Å²) in [7, 11) is 0. The molecule has 0 atom stereocenters. The molecule has 0 radical (unpaired) electrons. The van der Waals surface area contributed by atoms with Gasteiger partial charge in [-0.05, 0) is 60.5 Å². The number of aromatic hydroxyl groups is 2. The van der Waals surface area contributed by atoms with Crippen LogP contribution in [0, 0.1) is 18.6 Å². The summed E-state index contributed by atoms with van der Waals surface area (Å²) in [5.41, 5.74) is 1.36. The maximum Gasteiger partial charge on any atom is 0.339 e. The number of hydrogen-bond donors (Lipinski definition) is 4. The number of aryl methyl sites for hydroxylation is 1. The van der Waals surface area contributed by atoms with Gasteiger partial charge >= 0.3 is 5.97 Å². The number of carbonyl (C=O) groups is 3. The average Bonchev–Trinajstić information content (AvgIpc) is 3.13. The van der Waals surface area contributed by atoms with Gasteiger partial charge in [-0.1, -0.05) is 30.0 Å². The number of thioether (sulfide) groups is 1. The number of rotatable bonds is 7. The van der Waals surface area contributed by atoms with Crippen LogP contribution in [0.25, 0.3) is 17.2 Å². The second-order valence-electron chi connectivity index (χ2n) is 8.55. The Morgan fingerprint density at radius 2 is 1.82 bits per heavy atom. The minimum absolute atomic E-state index is 0.0487. The zero-order chi connectivity index (χ0) is 28.4. The Morgan fingerprint density at radius 3 is 2.49 bits per heavy atom. The van der Waals surface area contributed by atoms with E-state index in [1.165, 1.54) is 23.1 Å². The number of phenolic OH excluding ortho intramolecular Hbond substituents is 1. The molecule has 0 spiro atoms. The van der Waals surface area contributed by atoms with Crippen molar-refractivity contribution in [3.05, 3.63) is 81.8 Å². The Balaban J connectivity index is 1.48. The molecule has 8 nitrogen and oxygen atoms in total. The summed E-state index contributed by atoms with van der Waals surface area (Å²) >= 11 is 6.29. The number of nitrogens with zero attached hydrogens (tertiary/aromatic N) is 1. The average molecular weight is 571 g/mol. The van der Waals surface area contributed by atoms with Crippen LogP contribution in [0.3, 0.4) is 0 Å². The number of thiocarbonyl (C=S) groups is 1. The summed E-state index contributed by atoms with van der Waals surface area (Å²) in [6.45, 7) is 1.70. The molecule has 1 heterocycles. The van der Waals surface area contributed by atoms with Crippen molar-refractivity contribution in [2.45, 2.75) is 13.3 Å². The lowest BCUT2D eigenvalue weighted by Crippen LogP contribution is -2.31. The van der Waals surface area contributed by atoms with Gasteiger partial charge in [-0.25, -0.2) is 13.6 Å². The van der Waals surface area contributed by atoms with Crippen molar-refractivity contribution in [2.75, 3.05) is 11.9 Å². The highest BCUT2D eigenvalue weighted by atomic mass is 32.2. The van der Waals surface area contributed by atoms with Crippen LogP contribution >= 0.6 is 24.0 Å². The van der Waals surface area contributed by atoms with E-state index in [4.69, 9.17) is 17.3 Å². The quantitative estimate of drug-likeness (QED) is 0.223. The number of carboxylic acids is 1. The molecule has 2 amide bonds. The molecule has 0 saturated carbocycles. The number of amides is 2. The monoisotopic (exact) mass is 570 g/mol. The molecule has 1 saturated heterocycles. The molecular formula is C27H20F2N2O6S2. The third-order valence-electron chi connectivity index (χ3n) is 5.75. The van der Waals surface area contributed by atoms with Crippen LogP contribution in [-0.4, -0.2) is 48.9 Å². The Kier molecular flexibility index (Phi) is 7.98. The van der Waals surface area contributed by atoms with Gasteiger partial charge in [0.15, 0.2) is 11.6 Å². The van der Waals surface area contributed by atoms with Crippen molar-refractivity contribution >= 4 is 57.8 Å². The van der Waals surface area contributed by atoms with Gasteiger partial charge in [0.05, 0.1) is 4.91 Å². The number of carboxylic acid groups (broad SMARTS) is 1. The van der Waals surface area contributed by atoms with Crippen LogP contribution in [0.5, 0.6) is 11.5 Å². The zero-order valence-corrected chi connectivity index (χ0v) is 21.8. The van der Waals surface area contributed by atoms with Crippen LogP contribution in [-0.2, 0) is 9.59 Å². The van der Waals surface area contributed by atoms with E-state index < -0.39 is 35.2 Å². The first-order valence-electron chi connectivity index (χ1n) is 11.3. The largest absolute Gasteiger partial charge is 0.507 e. The first kappa shape index (κ1) is 27.7. The minimum atomic E-state index is -1.31. The second kappa shape index (κ2) is 11.2. The lowest BCUT2D eigenvalue weighted by atomic mass is 9.98. The molecule has 12 heteroatoms. The zero-order valence-electron chi connectivity index (χ0n) is 20.2. The predicted molar refractivity (Wildman–Crippen MR) is 146 cm³/mol. The Morgan fingerprint density at radius 1 is 1.08 bits per heavy atom. The number of phenols is 2. The van der Waals surface area contributed by atoms with Gasteiger partial charge in [0, 0.05) is 35.8 Å². The normalized spacial score (nSPS) is 14.2. The first-order chi connectivity index (χ1) is 18.4. The van der Waals surface area contributed by atoms with E-state index in [0.717, 1.165) is 36.0 Å². The third kappa shape index (κ3) is 6.07. The van der Waals surface area contributed by atoms with Crippen molar-refractivity contribution in [2.24, 2.45) is 0 Å². The predicted octanol–water partition coefficient (Wildman–Crippen LogP) is 5.28. The van der Waals surface area contributed by atoms with Crippen molar-refractivity contribution in [1.82, 2.24) is 4.90 Å². The third-order valence-corrected chi connectivity index (χ3v) is 7.13. The molecule has 3 aromatic carbocycles. The van der Waals surface area contributed by atoms with E-state index in [1.54, 1.807) is 19.1 Å². The summed E-state index contributed by atoms with van der Waals surface area (Å²) in [5.74, 6) is -5.10. The van der Waals surface area contributed by atoms with Crippen LogP contribution in [0.15, 0.2) is 53.4 Å². The maximum absolute atomic E-state index is 13.8. The van der Waals surface area contributed by atoms with Gasteiger partial charge in [-0.3, -0.25) is 14.5 Å². The van der Waals surface area contributed by atoms with Crippen molar-refractivity contribution in [3.8, 4) is 22.6 Å². The molecule has 0 unspecified atom stereocenters. The van der Waals surface area contributed by atoms with Crippen LogP contribution in [0.4, 0.5) is 14.5 Å². The molecule has 1 fully saturated rings. The standard InChI is InChI=1S/C27H20F2N2O6S2/c1-13-8-15(24(34)18(9-13)14-2-5-19(28)20(29)10-14)11-22-25(35)31(27(38)39-22)7-6-23(33)30-16-3-4-17(26(36)37)21(32)12-16/h2-5,8-12,32,34H,6-7H2,1H3,(H,30,33)(H,36,37)/b22-11-. The van der Waals surface area contributed by atoms with E-state index in [0.29, 0.717) is 5.56 Å². The second-order valence-corrected chi connectivity index (χ2v) is 10.2. The number of anilines is 1. The molecule has 1 aliphatic rings. The molecule has 0 aliphatic carbocycles. The highest BCUT2D eigenvalue weighted by molar-refractivity contribution is 8.26. The number of benzene rings is 3. The number of halogens is 2. The van der Waals surface area contributed by atoms with Crippen molar-refractivity contribution < 1.29 is 38.5 Å². The number of aromatic carboxylic acids is 1. The lowest BCUT2D eigenvalue weighted by Gasteiger charge is -2.14. The van der Waals surface area contributed by atoms with Crippen LogP contribution in [0.2, 0.25) is 0 Å². The Labute approximate surface area is 230 Å². The molecular weight excluding hydrogens is 550 g/mol. The van der Waals surface area contributed by atoms with Crippen molar-refractivity contribution in [1.29, 1.82) is 0 Å². The fraction of sp³-hybridized carbons (Fsp3) is 0.111. The van der Waals surface area contributed by atoms with E-state index in [2.05, 4.69) is 5.32 Å². The minimum Gasteiger partial charge on any atom is -0.507 e. The Hall–Kier alpha value is -4.29. The summed E-state index contributed by atoms with van der Waals surface area (Å²) in [4.78, 5) is 37.9. The highest BCUT2D eigenvalue weighted by Gasteiger charge is 2.32. The van der Waals surface area contributed by atoms with Gasteiger partial charge in [0.2, 0.25) is 5.91 Å². The van der Waals surface area contributed by atoms with E-state index >= 15 is 0 Å². The molecule has 0 bridgehead atoms. The van der Waals surface area contributed by atoms with E-state index in [1.807, 2.05) is 0 Å². The molecule has 200 valence electrons. The summed E-state index contributed by atoms with van der Waals surface area (Å²) in [6.07, 6.45) is 1.30. The van der Waals surface area contributed by atoms with Crippen LogP contribution < -0.4 is 5.32 Å². The summed E-state index contributed by atoms with van der Waals surface area (Å²) < 4.78 is 27.4. The fourth-order valence-corrected chi connectivity index (χ4v) is 5.16. The Bertz CT molecular complexity index is 1570. The maximum atomic E-state index is 13.8. The van der Waals surface area contributed by atoms with Gasteiger partial charge in [0.25, 0.3) is 5.91 Å². The SMILES string of the molecule is Cc1cc(/C=C2\SC(=S)N(CCC(=O)Nc3ccc(C(=O)O)c(O)c3)C2=O)c(O)c(-c2ccc(F)c(F)c2)c1. The highest BCUT2D eigenvalue weighted by Crippen LogP contribution is 2.39. The van der Waals surface area contributed by atoms with Gasteiger partial charge in [-0.15, -0.1) is 0 Å². The number of nitrogens with one attached hydrogen (secondary N) is 1. The van der Waals surface area contributed by atoms with E-state index in [9.17, 15) is 33.4 Å². The molecule has 4 N–H and O–H groups in total. The van der Waals surface area contributed by atoms with Crippen LogP contribution in [0.1, 0.15) is 27.9 Å². The van der Waals surface area contributed by atoms with Gasteiger partial charge < -0.3 is 20.6 Å². The van der Waals surface area contributed by atoms with E-state index in [-0.39, 0.29) is 55.9 Å². The molecule has 4 rings (SSSR count). The summed E-state index contributed by atoms with van der Waals surface area (Å²) in [5, 5.41) is 32.1. The molecule has 0 aromatic heterocycles. The van der Waals surface area contributed by atoms with Crippen molar-refractivity contribution in [3.63, 3.8) is 0 Å². The summed E-state index contributed by atoms with van der Waals surface area (Å²) in [6, 6.07) is 10.1. The van der Waals surface area contributed by atoms with Gasteiger partial charge in [0.1, 0.15) is 21.4 Å². The lowest BCUT2D eigenvalue weighted by molar-refractivity contribution is -0.122. The number of carbonyl (C=O) groups excluding carboxylic acids is 2. The smallest absolute Gasteiger partial charge is 0.339 e. The number of hydrogen-bond acceptors (Lipinski definition) is 7. The molecule has 1 aliphatic heterocycles. The fourth-order valence-electron chi connectivity index (χ4n) is 3.86. The topological polar surface area (TPSA) is 127 Å². The van der Waals surface area contributed by atoms with Gasteiger partial charge in [-0.2, -0.15) is 0 Å². The first-order valence-corrected chi connectivity index (χ1v) is 12.6.